The number of aryl methyl sites for hydroxylation is 1. The summed E-state index contributed by atoms with van der Waals surface area (Å²) in [7, 11) is 2.00. The lowest BCUT2D eigenvalue weighted by molar-refractivity contribution is 0.0700. The van der Waals surface area contributed by atoms with Crippen LogP contribution in [0.25, 0.3) is 10.1 Å². The van der Waals surface area contributed by atoms with Crippen molar-refractivity contribution in [2.45, 2.75) is 57.9 Å². The van der Waals surface area contributed by atoms with Gasteiger partial charge in [-0.1, -0.05) is 50.8 Å². The van der Waals surface area contributed by atoms with Crippen molar-refractivity contribution in [3.05, 3.63) is 34.7 Å². The molecule has 0 bridgehead atoms. The van der Waals surface area contributed by atoms with E-state index >= 15 is 0 Å². The van der Waals surface area contributed by atoms with Crippen molar-refractivity contribution in [3.63, 3.8) is 0 Å². The Labute approximate surface area is 137 Å². The molecule has 0 aliphatic heterocycles. The van der Waals surface area contributed by atoms with E-state index in [1.165, 1.54) is 34.9 Å². The summed E-state index contributed by atoms with van der Waals surface area (Å²) in [6.07, 6.45) is 8.24. The highest BCUT2D eigenvalue weighted by Gasteiger charge is 2.26. The van der Waals surface area contributed by atoms with E-state index in [1.807, 2.05) is 11.9 Å². The zero-order chi connectivity index (χ0) is 15.5. The SMILES string of the molecule is CCCc1c(C(=O)N(C)C2CCCCC2)sc2ccccc12. The lowest BCUT2D eigenvalue weighted by Crippen LogP contribution is -2.38. The van der Waals surface area contributed by atoms with Crippen LogP contribution in [-0.2, 0) is 6.42 Å². The smallest absolute Gasteiger partial charge is 0.264 e. The number of thiophene rings is 1. The summed E-state index contributed by atoms with van der Waals surface area (Å²) in [5, 5.41) is 1.27. The maximum Gasteiger partial charge on any atom is 0.264 e. The summed E-state index contributed by atoms with van der Waals surface area (Å²) in [4.78, 5) is 16.0. The van der Waals surface area contributed by atoms with Crippen LogP contribution in [0.5, 0.6) is 0 Å². The lowest BCUT2D eigenvalue weighted by Gasteiger charge is -2.31. The number of rotatable bonds is 4. The Kier molecular flexibility index (Phi) is 4.82. The third-order valence-corrected chi connectivity index (χ3v) is 6.04. The number of carbonyl (C=O) groups excluding carboxylic acids is 1. The Morgan fingerprint density at radius 1 is 1.23 bits per heavy atom. The van der Waals surface area contributed by atoms with Crippen molar-refractivity contribution < 1.29 is 4.79 Å². The fraction of sp³-hybridized carbons (Fsp3) is 0.526. The third-order valence-electron chi connectivity index (χ3n) is 4.84. The minimum Gasteiger partial charge on any atom is -0.338 e. The highest BCUT2D eigenvalue weighted by molar-refractivity contribution is 7.21. The summed E-state index contributed by atoms with van der Waals surface area (Å²) in [6.45, 7) is 2.19. The van der Waals surface area contributed by atoms with Crippen LogP contribution >= 0.6 is 11.3 Å². The molecular formula is C19H25NOS. The number of nitrogens with zero attached hydrogens (tertiary/aromatic N) is 1. The third kappa shape index (κ3) is 2.91. The maximum atomic E-state index is 13.0. The molecule has 3 rings (SSSR count). The van der Waals surface area contributed by atoms with Gasteiger partial charge in [0.2, 0.25) is 0 Å². The van der Waals surface area contributed by atoms with E-state index in [0.29, 0.717) is 6.04 Å². The van der Waals surface area contributed by atoms with Crippen molar-refractivity contribution in [1.29, 1.82) is 0 Å². The van der Waals surface area contributed by atoms with Crippen molar-refractivity contribution in [2.24, 2.45) is 0 Å². The Morgan fingerprint density at radius 2 is 1.95 bits per heavy atom. The molecule has 1 aromatic heterocycles. The van der Waals surface area contributed by atoms with E-state index in [0.717, 1.165) is 30.6 Å². The second-order valence-electron chi connectivity index (χ2n) is 6.36. The van der Waals surface area contributed by atoms with Gasteiger partial charge in [0, 0.05) is 17.8 Å². The van der Waals surface area contributed by atoms with Crippen LogP contribution in [0.3, 0.4) is 0 Å². The molecular weight excluding hydrogens is 290 g/mol. The molecule has 0 saturated heterocycles. The molecule has 3 heteroatoms. The number of amides is 1. The fourth-order valence-electron chi connectivity index (χ4n) is 3.56. The molecule has 118 valence electrons. The number of hydrogen-bond acceptors (Lipinski definition) is 2. The van der Waals surface area contributed by atoms with Crippen LogP contribution < -0.4 is 0 Å². The monoisotopic (exact) mass is 315 g/mol. The van der Waals surface area contributed by atoms with Crippen LogP contribution in [-0.4, -0.2) is 23.9 Å². The molecule has 0 atom stereocenters. The van der Waals surface area contributed by atoms with Crippen LogP contribution in [0.1, 0.15) is 60.7 Å². The van der Waals surface area contributed by atoms with Crippen LogP contribution in [0, 0.1) is 0 Å². The number of hydrogen-bond donors (Lipinski definition) is 0. The molecule has 1 saturated carbocycles. The van der Waals surface area contributed by atoms with Crippen molar-refractivity contribution in [3.8, 4) is 0 Å². The van der Waals surface area contributed by atoms with Gasteiger partial charge < -0.3 is 4.90 Å². The topological polar surface area (TPSA) is 20.3 Å². The Balaban J connectivity index is 1.93. The average molecular weight is 315 g/mol. The second kappa shape index (κ2) is 6.82. The van der Waals surface area contributed by atoms with E-state index in [-0.39, 0.29) is 5.91 Å². The Morgan fingerprint density at radius 3 is 2.68 bits per heavy atom. The van der Waals surface area contributed by atoms with E-state index in [1.54, 1.807) is 11.3 Å². The first kappa shape index (κ1) is 15.5. The largest absolute Gasteiger partial charge is 0.338 e. The number of benzene rings is 1. The number of carbonyl (C=O) groups is 1. The first-order valence-corrected chi connectivity index (χ1v) is 9.31. The molecule has 2 aromatic rings. The fourth-order valence-corrected chi connectivity index (χ4v) is 4.80. The van der Waals surface area contributed by atoms with Crippen molar-refractivity contribution in [1.82, 2.24) is 4.90 Å². The minimum atomic E-state index is 0.233. The summed E-state index contributed by atoms with van der Waals surface area (Å²) >= 11 is 1.67. The van der Waals surface area contributed by atoms with E-state index in [2.05, 4.69) is 31.2 Å². The lowest BCUT2D eigenvalue weighted by atomic mass is 9.94. The Bertz CT molecular complexity index is 654. The first-order valence-electron chi connectivity index (χ1n) is 8.50. The molecule has 1 fully saturated rings. The van der Waals surface area contributed by atoms with Crippen molar-refractivity contribution >= 4 is 27.3 Å². The molecule has 22 heavy (non-hydrogen) atoms. The summed E-state index contributed by atoms with van der Waals surface area (Å²) < 4.78 is 1.24. The summed E-state index contributed by atoms with van der Waals surface area (Å²) in [5.74, 6) is 0.233. The van der Waals surface area contributed by atoms with E-state index in [9.17, 15) is 4.79 Å². The highest BCUT2D eigenvalue weighted by atomic mass is 32.1. The maximum absolute atomic E-state index is 13.0. The molecule has 1 heterocycles. The highest BCUT2D eigenvalue weighted by Crippen LogP contribution is 2.34. The van der Waals surface area contributed by atoms with Gasteiger partial charge in [0.15, 0.2) is 0 Å². The van der Waals surface area contributed by atoms with Gasteiger partial charge in [-0.15, -0.1) is 11.3 Å². The first-order chi connectivity index (χ1) is 10.7. The van der Waals surface area contributed by atoms with Crippen LogP contribution in [0.2, 0.25) is 0 Å². The molecule has 2 nitrogen and oxygen atoms in total. The minimum absolute atomic E-state index is 0.233. The van der Waals surface area contributed by atoms with Gasteiger partial charge in [-0.05, 0) is 36.3 Å². The average Bonchev–Trinajstić information content (AvgIpc) is 2.93. The zero-order valence-corrected chi connectivity index (χ0v) is 14.4. The Hall–Kier alpha value is -1.35. The van der Waals surface area contributed by atoms with Gasteiger partial charge in [-0.3, -0.25) is 4.79 Å². The van der Waals surface area contributed by atoms with Gasteiger partial charge in [-0.2, -0.15) is 0 Å². The van der Waals surface area contributed by atoms with E-state index in [4.69, 9.17) is 0 Å². The van der Waals surface area contributed by atoms with Gasteiger partial charge in [0.05, 0.1) is 4.88 Å². The zero-order valence-electron chi connectivity index (χ0n) is 13.6. The number of fused-ring (bicyclic) bond motifs is 1. The normalized spacial score (nSPS) is 16.1. The van der Waals surface area contributed by atoms with Crippen LogP contribution in [0.4, 0.5) is 0 Å². The van der Waals surface area contributed by atoms with E-state index < -0.39 is 0 Å². The van der Waals surface area contributed by atoms with Gasteiger partial charge in [0.25, 0.3) is 5.91 Å². The molecule has 1 aliphatic rings. The molecule has 0 unspecified atom stereocenters. The molecule has 0 spiro atoms. The molecule has 1 aliphatic carbocycles. The van der Waals surface area contributed by atoms with Crippen LogP contribution in [0.15, 0.2) is 24.3 Å². The second-order valence-corrected chi connectivity index (χ2v) is 7.42. The molecule has 0 N–H and O–H groups in total. The molecule has 1 amide bonds. The molecule has 1 aromatic carbocycles. The van der Waals surface area contributed by atoms with Gasteiger partial charge in [-0.25, -0.2) is 0 Å². The predicted octanol–water partition coefficient (Wildman–Crippen LogP) is 5.26. The summed E-state index contributed by atoms with van der Waals surface area (Å²) in [6, 6.07) is 8.87. The summed E-state index contributed by atoms with van der Waals surface area (Å²) in [5.41, 5.74) is 1.26. The standard InChI is InChI=1S/C19H25NOS/c1-3-9-16-15-12-7-8-13-17(15)22-18(16)19(21)20(2)14-10-5-4-6-11-14/h7-8,12-14H,3-6,9-11H2,1-2H3. The molecule has 0 radical (unpaired) electrons. The predicted molar refractivity (Wildman–Crippen MR) is 94.8 cm³/mol. The quantitative estimate of drug-likeness (QED) is 0.753. The van der Waals surface area contributed by atoms with Gasteiger partial charge in [0.1, 0.15) is 0 Å². The van der Waals surface area contributed by atoms with Gasteiger partial charge >= 0.3 is 0 Å². The van der Waals surface area contributed by atoms with Crippen molar-refractivity contribution in [2.75, 3.05) is 7.05 Å².